The predicted molar refractivity (Wildman–Crippen MR) is 76.8 cm³/mol. The Morgan fingerprint density at radius 2 is 2.32 bits per heavy atom. The minimum Gasteiger partial charge on any atom is -0.366 e. The number of halogens is 1. The van der Waals surface area contributed by atoms with Crippen LogP contribution in [-0.4, -0.2) is 60.2 Å². The number of ether oxygens (including phenoxy) is 1. The summed E-state index contributed by atoms with van der Waals surface area (Å²) in [6.07, 6.45) is 1.64. The zero-order valence-electron chi connectivity index (χ0n) is 11.6. The molecular formula is C13H20BrN3O2. The van der Waals surface area contributed by atoms with Crippen molar-refractivity contribution in [1.82, 2.24) is 14.4 Å². The van der Waals surface area contributed by atoms with Gasteiger partial charge in [0.05, 0.1) is 13.2 Å². The molecule has 5 nitrogen and oxygen atoms in total. The van der Waals surface area contributed by atoms with Crippen molar-refractivity contribution in [3.8, 4) is 0 Å². The van der Waals surface area contributed by atoms with Gasteiger partial charge >= 0.3 is 0 Å². The lowest BCUT2D eigenvalue weighted by atomic mass is 10.2. The van der Waals surface area contributed by atoms with Gasteiger partial charge in [0.1, 0.15) is 6.10 Å². The van der Waals surface area contributed by atoms with Crippen LogP contribution in [0.5, 0.6) is 0 Å². The minimum atomic E-state index is -0.340. The molecule has 0 saturated carbocycles. The molecule has 1 aromatic heterocycles. The van der Waals surface area contributed by atoms with E-state index in [1.54, 1.807) is 4.90 Å². The van der Waals surface area contributed by atoms with Crippen molar-refractivity contribution < 1.29 is 9.53 Å². The Balaban J connectivity index is 1.97. The summed E-state index contributed by atoms with van der Waals surface area (Å²) in [7, 11) is 5.81. The number of likely N-dealkylation sites (N-methyl/N-ethyl adjacent to an activating group) is 2. The summed E-state index contributed by atoms with van der Waals surface area (Å²) in [5.41, 5.74) is 1.09. The molecule has 0 aliphatic carbocycles. The lowest BCUT2D eigenvalue weighted by molar-refractivity contribution is -0.148. The Kier molecular flexibility index (Phi) is 4.65. The van der Waals surface area contributed by atoms with Gasteiger partial charge in [-0.05, 0) is 29.0 Å². The summed E-state index contributed by atoms with van der Waals surface area (Å²) in [6, 6.07) is 2.03. The van der Waals surface area contributed by atoms with Gasteiger partial charge < -0.3 is 19.1 Å². The van der Waals surface area contributed by atoms with Crippen molar-refractivity contribution in [3.05, 3.63) is 22.4 Å². The van der Waals surface area contributed by atoms with Gasteiger partial charge in [0.25, 0.3) is 5.91 Å². The molecule has 0 radical (unpaired) electrons. The fraction of sp³-hybridized carbons (Fsp3) is 0.615. The molecule has 0 N–H and O–H groups in total. The van der Waals surface area contributed by atoms with Gasteiger partial charge in [0.15, 0.2) is 0 Å². The Morgan fingerprint density at radius 3 is 2.89 bits per heavy atom. The molecule has 1 aliphatic heterocycles. The van der Waals surface area contributed by atoms with Crippen LogP contribution in [-0.2, 0) is 23.1 Å². The van der Waals surface area contributed by atoms with Gasteiger partial charge in [0, 0.05) is 43.5 Å². The van der Waals surface area contributed by atoms with Crippen LogP contribution in [0.15, 0.2) is 16.7 Å². The number of hydrogen-bond donors (Lipinski definition) is 0. The molecular weight excluding hydrogens is 310 g/mol. The first kappa shape index (κ1) is 14.6. The van der Waals surface area contributed by atoms with E-state index < -0.39 is 0 Å². The van der Waals surface area contributed by atoms with E-state index >= 15 is 0 Å². The third-order valence-corrected chi connectivity index (χ3v) is 3.83. The van der Waals surface area contributed by atoms with Gasteiger partial charge in [0.2, 0.25) is 0 Å². The molecule has 1 aromatic rings. The van der Waals surface area contributed by atoms with Crippen LogP contribution in [0.1, 0.15) is 5.69 Å². The number of hydrogen-bond acceptors (Lipinski definition) is 3. The lowest BCUT2D eigenvalue weighted by Gasteiger charge is -2.31. The number of aromatic nitrogens is 1. The van der Waals surface area contributed by atoms with Crippen molar-refractivity contribution in [2.75, 3.05) is 33.8 Å². The highest BCUT2D eigenvalue weighted by molar-refractivity contribution is 9.10. The maximum atomic E-state index is 12.3. The standard InChI is InChI=1S/C13H20BrN3O2/c1-15-4-5-19-12(9-15)13(18)17(3)8-11-6-10(14)7-16(11)2/h6-7,12H,4-5,8-9H2,1-3H3. The van der Waals surface area contributed by atoms with Crippen LogP contribution in [0.3, 0.4) is 0 Å². The van der Waals surface area contributed by atoms with E-state index in [-0.39, 0.29) is 12.0 Å². The van der Waals surface area contributed by atoms with E-state index in [9.17, 15) is 4.79 Å². The number of aryl methyl sites for hydroxylation is 1. The molecule has 2 rings (SSSR count). The lowest BCUT2D eigenvalue weighted by Crippen LogP contribution is -2.48. The highest BCUT2D eigenvalue weighted by atomic mass is 79.9. The fourth-order valence-electron chi connectivity index (χ4n) is 2.22. The minimum absolute atomic E-state index is 0.0453. The molecule has 1 atom stereocenters. The highest BCUT2D eigenvalue weighted by Crippen LogP contribution is 2.16. The first-order valence-corrected chi connectivity index (χ1v) is 7.12. The quantitative estimate of drug-likeness (QED) is 0.832. The first-order chi connectivity index (χ1) is 8.97. The van der Waals surface area contributed by atoms with Crippen LogP contribution in [0.2, 0.25) is 0 Å². The zero-order chi connectivity index (χ0) is 14.0. The Hall–Kier alpha value is -0.850. The van der Waals surface area contributed by atoms with E-state index in [1.165, 1.54) is 0 Å². The fourth-order valence-corrected chi connectivity index (χ4v) is 2.79. The van der Waals surface area contributed by atoms with Crippen LogP contribution >= 0.6 is 15.9 Å². The number of carbonyl (C=O) groups is 1. The molecule has 2 heterocycles. The maximum absolute atomic E-state index is 12.3. The number of morpholine rings is 1. The van der Waals surface area contributed by atoms with Crippen LogP contribution in [0, 0.1) is 0 Å². The van der Waals surface area contributed by atoms with E-state index in [0.717, 1.165) is 16.7 Å². The normalized spacial score (nSPS) is 20.5. The second-order valence-corrected chi connectivity index (χ2v) is 5.99. The molecule has 6 heteroatoms. The SMILES string of the molecule is CN1CCOC(C(=O)N(C)Cc2cc(Br)cn2C)C1. The number of amides is 1. The van der Waals surface area contributed by atoms with Gasteiger partial charge in [-0.15, -0.1) is 0 Å². The molecule has 0 aromatic carbocycles. The number of nitrogens with zero attached hydrogens (tertiary/aromatic N) is 3. The summed E-state index contributed by atoms with van der Waals surface area (Å²) < 4.78 is 8.60. The summed E-state index contributed by atoms with van der Waals surface area (Å²) in [6.45, 7) is 2.76. The third-order valence-electron chi connectivity index (χ3n) is 3.39. The van der Waals surface area contributed by atoms with Crippen molar-refractivity contribution in [3.63, 3.8) is 0 Å². The summed E-state index contributed by atoms with van der Waals surface area (Å²) in [4.78, 5) is 16.2. The summed E-state index contributed by atoms with van der Waals surface area (Å²) >= 11 is 3.44. The van der Waals surface area contributed by atoms with Gasteiger partial charge in [-0.3, -0.25) is 4.79 Å². The van der Waals surface area contributed by atoms with E-state index in [0.29, 0.717) is 19.7 Å². The van der Waals surface area contributed by atoms with Gasteiger partial charge in [-0.1, -0.05) is 0 Å². The van der Waals surface area contributed by atoms with Gasteiger partial charge in [-0.25, -0.2) is 0 Å². The van der Waals surface area contributed by atoms with Crippen molar-refractivity contribution in [2.45, 2.75) is 12.6 Å². The van der Waals surface area contributed by atoms with Crippen LogP contribution in [0.25, 0.3) is 0 Å². The largest absolute Gasteiger partial charge is 0.366 e. The maximum Gasteiger partial charge on any atom is 0.253 e. The number of carbonyl (C=O) groups excluding carboxylic acids is 1. The van der Waals surface area contributed by atoms with Crippen LogP contribution < -0.4 is 0 Å². The highest BCUT2D eigenvalue weighted by Gasteiger charge is 2.27. The van der Waals surface area contributed by atoms with E-state index in [4.69, 9.17) is 4.74 Å². The Morgan fingerprint density at radius 1 is 1.58 bits per heavy atom. The van der Waals surface area contributed by atoms with Gasteiger partial charge in [-0.2, -0.15) is 0 Å². The van der Waals surface area contributed by atoms with Crippen LogP contribution in [0.4, 0.5) is 0 Å². The molecule has 1 saturated heterocycles. The Labute approximate surface area is 122 Å². The molecule has 0 bridgehead atoms. The topological polar surface area (TPSA) is 37.7 Å². The zero-order valence-corrected chi connectivity index (χ0v) is 13.2. The monoisotopic (exact) mass is 329 g/mol. The number of rotatable bonds is 3. The molecule has 106 valence electrons. The van der Waals surface area contributed by atoms with E-state index in [1.807, 2.05) is 38.0 Å². The van der Waals surface area contributed by atoms with Crippen molar-refractivity contribution in [2.24, 2.45) is 7.05 Å². The molecule has 0 spiro atoms. The smallest absolute Gasteiger partial charge is 0.253 e. The first-order valence-electron chi connectivity index (χ1n) is 6.33. The average molecular weight is 330 g/mol. The second-order valence-electron chi connectivity index (χ2n) is 5.08. The Bertz CT molecular complexity index is 461. The van der Waals surface area contributed by atoms with Crippen molar-refractivity contribution in [1.29, 1.82) is 0 Å². The average Bonchev–Trinajstić information content (AvgIpc) is 2.66. The summed E-state index contributed by atoms with van der Waals surface area (Å²) in [5, 5.41) is 0. The molecule has 1 unspecified atom stereocenters. The second kappa shape index (κ2) is 6.07. The molecule has 1 fully saturated rings. The predicted octanol–water partition coefficient (Wildman–Crippen LogP) is 1.08. The summed E-state index contributed by atoms with van der Waals surface area (Å²) in [5.74, 6) is 0.0453. The molecule has 1 amide bonds. The van der Waals surface area contributed by atoms with Crippen molar-refractivity contribution >= 4 is 21.8 Å². The molecule has 19 heavy (non-hydrogen) atoms. The van der Waals surface area contributed by atoms with E-state index in [2.05, 4.69) is 20.8 Å². The third kappa shape index (κ3) is 3.58. The molecule has 1 aliphatic rings.